The number of nitrogens with zero attached hydrogens (tertiary/aromatic N) is 3. The van der Waals surface area contributed by atoms with Gasteiger partial charge >= 0.3 is 13.3 Å². The number of H-pyrrole nitrogens is 2. The summed E-state index contributed by atoms with van der Waals surface area (Å²) < 4.78 is 15.7. The second-order valence-corrected chi connectivity index (χ2v) is 5.72. The molecule has 0 aromatic carbocycles. The Morgan fingerprint density at radius 1 is 1.48 bits per heavy atom. The Labute approximate surface area is 117 Å². The third kappa shape index (κ3) is 6.89. The Bertz CT molecular complexity index is 672. The molecule has 21 heavy (non-hydrogen) atoms. The molecule has 1 atom stereocenters. The first-order valence-electron chi connectivity index (χ1n) is 5.80. The fraction of sp³-hybridized carbons (Fsp3) is 0.556. The van der Waals surface area contributed by atoms with Crippen LogP contribution >= 0.6 is 7.60 Å². The van der Waals surface area contributed by atoms with Crippen LogP contribution in [-0.4, -0.2) is 38.8 Å². The zero-order chi connectivity index (χ0) is 15.9. The van der Waals surface area contributed by atoms with Crippen LogP contribution in [0.25, 0.3) is 10.4 Å². The Hall–Kier alpha value is -1.90. The van der Waals surface area contributed by atoms with Crippen molar-refractivity contribution in [3.8, 4) is 0 Å². The number of azide groups is 1. The monoisotopic (exact) mass is 319 g/mol. The summed E-state index contributed by atoms with van der Waals surface area (Å²) in [5.74, 6) is 0. The van der Waals surface area contributed by atoms with Gasteiger partial charge in [-0.3, -0.25) is 14.3 Å². The van der Waals surface area contributed by atoms with Crippen molar-refractivity contribution in [3.05, 3.63) is 43.0 Å². The van der Waals surface area contributed by atoms with Gasteiger partial charge in [0.15, 0.2) is 0 Å². The molecule has 11 nitrogen and oxygen atoms in total. The summed E-state index contributed by atoms with van der Waals surface area (Å²) in [5, 5.41) is 3.28. The standard InChI is InChI=1S/C9H14N5O6P/c10-14-12-4-7(20-5-21(17,18)19)2-1-6-3-11-9(16)13-8(6)15/h3,7H,1-2,4-5H2,(H2,17,18,19)(H2,11,13,15,16)/t7-/m0/s1. The lowest BCUT2D eigenvalue weighted by Gasteiger charge is -2.15. The van der Waals surface area contributed by atoms with E-state index < -0.39 is 31.3 Å². The van der Waals surface area contributed by atoms with E-state index in [1.54, 1.807) is 0 Å². The molecule has 0 saturated heterocycles. The number of rotatable bonds is 8. The van der Waals surface area contributed by atoms with Gasteiger partial charge in [0.05, 0.1) is 12.6 Å². The Morgan fingerprint density at radius 3 is 2.76 bits per heavy atom. The highest BCUT2D eigenvalue weighted by Gasteiger charge is 2.18. The van der Waals surface area contributed by atoms with Gasteiger partial charge in [0.25, 0.3) is 5.56 Å². The van der Waals surface area contributed by atoms with Crippen molar-refractivity contribution in [1.82, 2.24) is 9.97 Å². The predicted molar refractivity (Wildman–Crippen MR) is 71.8 cm³/mol. The molecule has 1 aromatic heterocycles. The highest BCUT2D eigenvalue weighted by atomic mass is 31.2. The maximum absolute atomic E-state index is 11.5. The van der Waals surface area contributed by atoms with Gasteiger partial charge in [0.2, 0.25) is 0 Å². The van der Waals surface area contributed by atoms with Crippen LogP contribution in [-0.2, 0) is 15.7 Å². The van der Waals surface area contributed by atoms with Crippen LogP contribution in [0, 0.1) is 0 Å². The molecule has 12 heteroatoms. The van der Waals surface area contributed by atoms with Crippen LogP contribution in [0.2, 0.25) is 0 Å². The van der Waals surface area contributed by atoms with E-state index in [1.165, 1.54) is 6.20 Å². The zero-order valence-electron chi connectivity index (χ0n) is 10.8. The summed E-state index contributed by atoms with van der Waals surface area (Å²) >= 11 is 0. The second-order valence-electron chi connectivity index (χ2n) is 4.13. The van der Waals surface area contributed by atoms with E-state index in [2.05, 4.69) is 15.0 Å². The van der Waals surface area contributed by atoms with Gasteiger partial charge in [-0.05, 0) is 18.4 Å². The van der Waals surface area contributed by atoms with Gasteiger partial charge in [-0.1, -0.05) is 5.11 Å². The van der Waals surface area contributed by atoms with Crippen molar-refractivity contribution in [2.75, 3.05) is 12.9 Å². The molecule has 0 aliphatic heterocycles. The normalized spacial score (nSPS) is 12.7. The molecule has 0 saturated carbocycles. The Balaban J connectivity index is 2.67. The van der Waals surface area contributed by atoms with Crippen molar-refractivity contribution >= 4 is 7.60 Å². The van der Waals surface area contributed by atoms with E-state index in [9.17, 15) is 14.2 Å². The summed E-state index contributed by atoms with van der Waals surface area (Å²) in [6.45, 7) is -0.127. The van der Waals surface area contributed by atoms with E-state index in [4.69, 9.17) is 20.1 Å². The van der Waals surface area contributed by atoms with E-state index in [0.717, 1.165) is 0 Å². The number of nitrogens with one attached hydrogen (secondary N) is 2. The molecule has 0 radical (unpaired) electrons. The SMILES string of the molecule is [N-]=[N+]=NC[C@H](CCc1c[nH]c(=O)[nH]c1=O)OCP(=O)(O)O. The first-order chi connectivity index (χ1) is 9.81. The molecule has 0 fully saturated rings. The number of aryl methyl sites for hydroxylation is 1. The van der Waals surface area contributed by atoms with E-state index >= 15 is 0 Å². The van der Waals surface area contributed by atoms with Crippen LogP contribution in [0.1, 0.15) is 12.0 Å². The average molecular weight is 319 g/mol. The molecule has 1 rings (SSSR count). The molecule has 4 N–H and O–H groups in total. The minimum Gasteiger partial charge on any atom is -0.365 e. The van der Waals surface area contributed by atoms with Gasteiger partial charge in [0, 0.05) is 16.7 Å². The zero-order valence-corrected chi connectivity index (χ0v) is 11.7. The fourth-order valence-electron chi connectivity index (χ4n) is 1.50. The van der Waals surface area contributed by atoms with Crippen LogP contribution in [0.15, 0.2) is 20.9 Å². The predicted octanol–water partition coefficient (Wildman–Crippen LogP) is -0.173. The minimum atomic E-state index is -4.34. The summed E-state index contributed by atoms with van der Waals surface area (Å²) in [6.07, 6.45) is 0.0578. The quantitative estimate of drug-likeness (QED) is 0.223. The summed E-state index contributed by atoms with van der Waals surface area (Å²) in [6, 6.07) is 0. The van der Waals surface area contributed by atoms with Crippen LogP contribution in [0.5, 0.6) is 0 Å². The number of hydrogen-bond acceptors (Lipinski definition) is 5. The van der Waals surface area contributed by atoms with Crippen LogP contribution in [0.3, 0.4) is 0 Å². The molecule has 0 bridgehead atoms. The number of aromatic amines is 2. The van der Waals surface area contributed by atoms with Crippen LogP contribution in [0.4, 0.5) is 0 Å². The molecule has 0 aliphatic rings. The topological polar surface area (TPSA) is 181 Å². The maximum atomic E-state index is 11.5. The maximum Gasteiger partial charge on any atom is 0.350 e. The minimum absolute atomic E-state index is 0.127. The number of ether oxygens (including phenoxy) is 1. The molecule has 0 unspecified atom stereocenters. The van der Waals surface area contributed by atoms with Crippen molar-refractivity contribution in [3.63, 3.8) is 0 Å². The van der Waals surface area contributed by atoms with E-state index in [1.807, 2.05) is 4.98 Å². The highest BCUT2D eigenvalue weighted by molar-refractivity contribution is 7.51. The third-order valence-corrected chi connectivity index (χ3v) is 2.94. The smallest absolute Gasteiger partial charge is 0.350 e. The molecular formula is C9H14N5O6P. The lowest BCUT2D eigenvalue weighted by Crippen LogP contribution is -2.26. The average Bonchev–Trinajstić information content (AvgIpc) is 2.38. The van der Waals surface area contributed by atoms with E-state index in [0.29, 0.717) is 0 Å². The molecule has 1 heterocycles. The van der Waals surface area contributed by atoms with Crippen molar-refractivity contribution in [2.45, 2.75) is 18.9 Å². The first kappa shape index (κ1) is 17.2. The first-order valence-corrected chi connectivity index (χ1v) is 7.59. The van der Waals surface area contributed by atoms with Crippen molar-refractivity contribution < 1.29 is 19.1 Å². The molecule has 0 spiro atoms. The molecule has 116 valence electrons. The Morgan fingerprint density at radius 2 is 2.19 bits per heavy atom. The van der Waals surface area contributed by atoms with Crippen LogP contribution < -0.4 is 11.2 Å². The summed E-state index contributed by atoms with van der Waals surface area (Å²) in [7, 11) is -4.34. The molecule has 0 aliphatic carbocycles. The second kappa shape index (κ2) is 7.77. The molecular weight excluding hydrogens is 305 g/mol. The van der Waals surface area contributed by atoms with Gasteiger partial charge in [-0.15, -0.1) is 0 Å². The number of hydrogen-bond donors (Lipinski definition) is 4. The molecule has 1 aromatic rings. The lowest BCUT2D eigenvalue weighted by atomic mass is 10.1. The number of aromatic nitrogens is 2. The van der Waals surface area contributed by atoms with Gasteiger partial charge in [-0.2, -0.15) is 0 Å². The summed E-state index contributed by atoms with van der Waals surface area (Å²) in [4.78, 5) is 46.7. The van der Waals surface area contributed by atoms with Gasteiger partial charge < -0.3 is 19.5 Å². The van der Waals surface area contributed by atoms with Gasteiger partial charge in [0.1, 0.15) is 6.35 Å². The van der Waals surface area contributed by atoms with E-state index in [-0.39, 0.29) is 24.9 Å². The van der Waals surface area contributed by atoms with Crippen molar-refractivity contribution in [2.24, 2.45) is 5.11 Å². The highest BCUT2D eigenvalue weighted by Crippen LogP contribution is 2.34. The third-order valence-electron chi connectivity index (χ3n) is 2.46. The van der Waals surface area contributed by atoms with Crippen molar-refractivity contribution in [1.29, 1.82) is 0 Å². The lowest BCUT2D eigenvalue weighted by molar-refractivity contribution is 0.0750. The summed E-state index contributed by atoms with van der Waals surface area (Å²) in [5.41, 5.74) is 7.34. The Kier molecular flexibility index (Phi) is 6.35. The fourth-order valence-corrected chi connectivity index (χ4v) is 1.90. The largest absolute Gasteiger partial charge is 0.365 e. The molecule has 0 amide bonds. The van der Waals surface area contributed by atoms with Gasteiger partial charge in [-0.25, -0.2) is 4.79 Å².